The number of para-hydroxylation sites is 1. The standard InChI is InChI=1S/C16H18Cl2N2O2.ClH/c1-10(19)7-11-5-6-15(21)14(8-11)20-9-22-16-12(17)3-2-4-13(16)18;/h2-6,8,10,20-21H,7,9,19H2,1H3;1H. The van der Waals surface area contributed by atoms with E-state index in [9.17, 15) is 5.11 Å². The average Bonchev–Trinajstić information content (AvgIpc) is 2.45. The molecule has 0 saturated heterocycles. The maximum absolute atomic E-state index is 9.87. The van der Waals surface area contributed by atoms with E-state index in [0.717, 1.165) is 12.0 Å². The van der Waals surface area contributed by atoms with Crippen LogP contribution in [0.4, 0.5) is 5.69 Å². The van der Waals surface area contributed by atoms with Gasteiger partial charge < -0.3 is 20.9 Å². The lowest BCUT2D eigenvalue weighted by Crippen LogP contribution is -2.18. The first-order valence-electron chi connectivity index (χ1n) is 6.85. The van der Waals surface area contributed by atoms with Crippen LogP contribution >= 0.6 is 35.6 Å². The molecule has 2 rings (SSSR count). The summed E-state index contributed by atoms with van der Waals surface area (Å²) in [6, 6.07) is 10.5. The molecule has 0 saturated carbocycles. The van der Waals surface area contributed by atoms with E-state index in [1.165, 1.54) is 0 Å². The minimum Gasteiger partial charge on any atom is -0.506 e. The zero-order valence-electron chi connectivity index (χ0n) is 12.6. The molecule has 0 heterocycles. The van der Waals surface area contributed by atoms with Gasteiger partial charge in [-0.2, -0.15) is 0 Å². The minimum atomic E-state index is 0. The van der Waals surface area contributed by atoms with Crippen LogP contribution in [-0.4, -0.2) is 17.9 Å². The molecule has 0 fully saturated rings. The number of rotatable bonds is 6. The van der Waals surface area contributed by atoms with E-state index in [0.29, 0.717) is 21.5 Å². The van der Waals surface area contributed by atoms with Crippen molar-refractivity contribution in [2.75, 3.05) is 12.0 Å². The number of aromatic hydroxyl groups is 1. The summed E-state index contributed by atoms with van der Waals surface area (Å²) in [7, 11) is 0. The van der Waals surface area contributed by atoms with Crippen LogP contribution in [0.25, 0.3) is 0 Å². The number of benzene rings is 2. The van der Waals surface area contributed by atoms with Gasteiger partial charge in [0.2, 0.25) is 0 Å². The normalized spacial score (nSPS) is 11.5. The van der Waals surface area contributed by atoms with Crippen molar-refractivity contribution >= 4 is 41.3 Å². The Hall–Kier alpha value is -1.33. The highest BCUT2D eigenvalue weighted by Gasteiger charge is 2.08. The van der Waals surface area contributed by atoms with Gasteiger partial charge in [-0.3, -0.25) is 0 Å². The van der Waals surface area contributed by atoms with Crippen molar-refractivity contribution in [3.8, 4) is 11.5 Å². The number of anilines is 1. The highest BCUT2D eigenvalue weighted by molar-refractivity contribution is 6.37. The fourth-order valence-electron chi connectivity index (χ4n) is 2.03. The lowest BCUT2D eigenvalue weighted by Gasteiger charge is -2.14. The molecule has 126 valence electrons. The third-order valence-corrected chi connectivity index (χ3v) is 3.61. The topological polar surface area (TPSA) is 67.5 Å². The maximum Gasteiger partial charge on any atom is 0.159 e. The molecule has 0 aliphatic carbocycles. The molecule has 2 aromatic carbocycles. The Kier molecular flexibility index (Phi) is 7.79. The molecule has 1 atom stereocenters. The van der Waals surface area contributed by atoms with Crippen molar-refractivity contribution in [2.45, 2.75) is 19.4 Å². The van der Waals surface area contributed by atoms with Gasteiger partial charge in [0.25, 0.3) is 0 Å². The van der Waals surface area contributed by atoms with E-state index in [1.54, 1.807) is 24.3 Å². The van der Waals surface area contributed by atoms with Crippen molar-refractivity contribution in [1.82, 2.24) is 0 Å². The lowest BCUT2D eigenvalue weighted by atomic mass is 10.1. The van der Waals surface area contributed by atoms with E-state index < -0.39 is 0 Å². The summed E-state index contributed by atoms with van der Waals surface area (Å²) in [5, 5.41) is 13.7. The van der Waals surface area contributed by atoms with E-state index in [-0.39, 0.29) is 30.9 Å². The summed E-state index contributed by atoms with van der Waals surface area (Å²) < 4.78 is 5.54. The second kappa shape index (κ2) is 9.08. The fraction of sp³-hybridized carbons (Fsp3) is 0.250. The molecule has 0 aliphatic rings. The zero-order chi connectivity index (χ0) is 16.1. The summed E-state index contributed by atoms with van der Waals surface area (Å²) in [6.45, 7) is 2.06. The number of nitrogens with two attached hydrogens (primary N) is 1. The quantitative estimate of drug-likeness (QED) is 0.513. The Morgan fingerprint density at radius 2 is 1.87 bits per heavy atom. The van der Waals surface area contributed by atoms with Gasteiger partial charge in [0.15, 0.2) is 12.5 Å². The third kappa shape index (κ3) is 5.66. The van der Waals surface area contributed by atoms with E-state index in [2.05, 4.69) is 5.32 Å². The molecule has 1 unspecified atom stereocenters. The molecule has 4 N–H and O–H groups in total. The highest BCUT2D eigenvalue weighted by Crippen LogP contribution is 2.32. The van der Waals surface area contributed by atoms with Gasteiger partial charge in [0.05, 0.1) is 15.7 Å². The van der Waals surface area contributed by atoms with E-state index in [4.69, 9.17) is 33.7 Å². The molecule has 0 aliphatic heterocycles. The molecule has 0 radical (unpaired) electrons. The first kappa shape index (κ1) is 19.7. The van der Waals surface area contributed by atoms with Crippen LogP contribution in [-0.2, 0) is 6.42 Å². The number of phenolic OH excluding ortho intramolecular Hbond substituents is 1. The summed E-state index contributed by atoms with van der Waals surface area (Å²) in [4.78, 5) is 0. The molecule has 0 aromatic heterocycles. The van der Waals surface area contributed by atoms with Crippen LogP contribution in [0.5, 0.6) is 11.5 Å². The largest absolute Gasteiger partial charge is 0.506 e. The Morgan fingerprint density at radius 1 is 1.22 bits per heavy atom. The van der Waals surface area contributed by atoms with Gasteiger partial charge in [0, 0.05) is 6.04 Å². The smallest absolute Gasteiger partial charge is 0.159 e. The molecular weight excluding hydrogens is 359 g/mol. The molecule has 4 nitrogen and oxygen atoms in total. The van der Waals surface area contributed by atoms with Gasteiger partial charge >= 0.3 is 0 Å². The molecule has 0 spiro atoms. The predicted molar refractivity (Wildman–Crippen MR) is 98.3 cm³/mol. The first-order chi connectivity index (χ1) is 10.5. The monoisotopic (exact) mass is 376 g/mol. The van der Waals surface area contributed by atoms with Crippen LogP contribution in [0.3, 0.4) is 0 Å². The van der Waals surface area contributed by atoms with Crippen molar-refractivity contribution in [3.63, 3.8) is 0 Å². The number of halogens is 3. The number of hydrogen-bond donors (Lipinski definition) is 3. The molecule has 0 bridgehead atoms. The average molecular weight is 378 g/mol. The number of hydrogen-bond acceptors (Lipinski definition) is 4. The lowest BCUT2D eigenvalue weighted by molar-refractivity contribution is 0.346. The first-order valence-corrected chi connectivity index (χ1v) is 7.61. The Bertz CT molecular complexity index is 631. The Morgan fingerprint density at radius 3 is 2.48 bits per heavy atom. The minimum absolute atomic E-state index is 0. The Balaban J connectivity index is 0.00000264. The summed E-state index contributed by atoms with van der Waals surface area (Å²) in [5.41, 5.74) is 7.39. The maximum atomic E-state index is 9.87. The second-order valence-corrected chi connectivity index (χ2v) is 5.86. The van der Waals surface area contributed by atoms with Gasteiger partial charge in [0.1, 0.15) is 5.75 Å². The van der Waals surface area contributed by atoms with Gasteiger partial charge in [-0.1, -0.05) is 35.3 Å². The van der Waals surface area contributed by atoms with Crippen molar-refractivity contribution < 1.29 is 9.84 Å². The predicted octanol–water partition coefficient (Wildman–Crippen LogP) is 4.46. The Labute approximate surface area is 152 Å². The molecule has 7 heteroatoms. The van der Waals surface area contributed by atoms with Crippen LogP contribution in [0.1, 0.15) is 12.5 Å². The number of nitrogens with one attached hydrogen (secondary N) is 1. The van der Waals surface area contributed by atoms with Crippen molar-refractivity contribution in [1.29, 1.82) is 0 Å². The summed E-state index contributed by atoms with van der Waals surface area (Å²) >= 11 is 12.0. The van der Waals surface area contributed by atoms with Gasteiger partial charge in [-0.25, -0.2) is 0 Å². The van der Waals surface area contributed by atoms with Crippen LogP contribution < -0.4 is 15.8 Å². The van der Waals surface area contributed by atoms with Gasteiger partial charge in [-0.05, 0) is 43.2 Å². The number of ether oxygens (including phenoxy) is 1. The van der Waals surface area contributed by atoms with E-state index >= 15 is 0 Å². The SMILES string of the molecule is CC(N)Cc1ccc(O)c(NCOc2c(Cl)cccc2Cl)c1.Cl. The molecular formula is C16H19Cl3N2O2. The highest BCUT2D eigenvalue weighted by atomic mass is 35.5. The van der Waals surface area contributed by atoms with Crippen molar-refractivity contribution in [3.05, 3.63) is 52.0 Å². The van der Waals surface area contributed by atoms with Gasteiger partial charge in [-0.15, -0.1) is 12.4 Å². The second-order valence-electron chi connectivity index (χ2n) is 5.05. The summed E-state index contributed by atoms with van der Waals surface area (Å²) in [5.74, 6) is 0.548. The fourth-order valence-corrected chi connectivity index (χ4v) is 2.54. The van der Waals surface area contributed by atoms with Crippen LogP contribution in [0.2, 0.25) is 10.0 Å². The van der Waals surface area contributed by atoms with Crippen LogP contribution in [0.15, 0.2) is 36.4 Å². The third-order valence-electron chi connectivity index (χ3n) is 3.02. The van der Waals surface area contributed by atoms with Crippen LogP contribution in [0, 0.1) is 0 Å². The molecule has 2 aromatic rings. The summed E-state index contributed by atoms with van der Waals surface area (Å²) in [6.07, 6.45) is 0.728. The number of phenols is 1. The van der Waals surface area contributed by atoms with E-state index in [1.807, 2.05) is 19.1 Å². The molecule has 23 heavy (non-hydrogen) atoms. The molecule has 0 amide bonds. The zero-order valence-corrected chi connectivity index (χ0v) is 14.9. The van der Waals surface area contributed by atoms with Crippen molar-refractivity contribution in [2.24, 2.45) is 5.73 Å².